The van der Waals surface area contributed by atoms with E-state index >= 15 is 0 Å². The van der Waals surface area contributed by atoms with Crippen LogP contribution >= 0.6 is 11.3 Å². The van der Waals surface area contributed by atoms with E-state index in [1.165, 1.54) is 0 Å². The molecule has 2 N–H and O–H groups in total. The van der Waals surface area contributed by atoms with Crippen LogP contribution in [0, 0.1) is 12.8 Å². The molecule has 0 aliphatic heterocycles. The lowest BCUT2D eigenvalue weighted by atomic mass is 10.1. The molecule has 0 aliphatic carbocycles. The van der Waals surface area contributed by atoms with Gasteiger partial charge < -0.3 is 10.2 Å². The van der Waals surface area contributed by atoms with Gasteiger partial charge in [-0.1, -0.05) is 0 Å². The molecule has 0 bridgehead atoms. The fraction of sp³-hybridized carbons (Fsp3) is 0.625. The second-order valence-electron chi connectivity index (χ2n) is 2.82. The molecule has 12 heavy (non-hydrogen) atoms. The summed E-state index contributed by atoms with van der Waals surface area (Å²) in [6.07, 6.45) is 0.672. The Morgan fingerprint density at radius 3 is 2.58 bits per heavy atom. The van der Waals surface area contributed by atoms with Crippen LogP contribution in [0.1, 0.15) is 10.7 Å². The van der Waals surface area contributed by atoms with E-state index in [4.69, 9.17) is 10.2 Å². The molecule has 0 fully saturated rings. The monoisotopic (exact) mass is 187 g/mol. The van der Waals surface area contributed by atoms with Crippen LogP contribution < -0.4 is 0 Å². The predicted molar refractivity (Wildman–Crippen MR) is 48.2 cm³/mol. The zero-order valence-corrected chi connectivity index (χ0v) is 7.84. The quantitative estimate of drug-likeness (QED) is 0.725. The number of aryl methyl sites for hydroxylation is 1. The van der Waals surface area contributed by atoms with Crippen LogP contribution in [0.5, 0.6) is 0 Å². The lowest BCUT2D eigenvalue weighted by Crippen LogP contribution is -2.13. The van der Waals surface area contributed by atoms with Crippen LogP contribution in [0.2, 0.25) is 0 Å². The molecule has 0 atom stereocenters. The van der Waals surface area contributed by atoms with Crippen molar-refractivity contribution >= 4 is 11.3 Å². The summed E-state index contributed by atoms with van der Waals surface area (Å²) in [5.74, 6) is -0.0597. The largest absolute Gasteiger partial charge is 0.396 e. The SMILES string of the molecule is Cc1csc(CC(CO)CO)n1. The standard InChI is InChI=1S/C8H13NO2S/c1-6-5-12-8(9-6)2-7(3-10)4-11/h5,7,10-11H,2-4H2,1H3. The highest BCUT2D eigenvalue weighted by molar-refractivity contribution is 7.09. The molecule has 0 aromatic carbocycles. The van der Waals surface area contributed by atoms with E-state index in [0.29, 0.717) is 6.42 Å². The summed E-state index contributed by atoms with van der Waals surface area (Å²) in [5, 5.41) is 20.6. The Morgan fingerprint density at radius 2 is 2.17 bits per heavy atom. The Morgan fingerprint density at radius 1 is 1.50 bits per heavy atom. The number of aliphatic hydroxyl groups excluding tert-OH is 2. The summed E-state index contributed by atoms with van der Waals surface area (Å²) in [4.78, 5) is 4.24. The highest BCUT2D eigenvalue weighted by Crippen LogP contribution is 2.13. The summed E-state index contributed by atoms with van der Waals surface area (Å²) >= 11 is 1.58. The van der Waals surface area contributed by atoms with E-state index < -0.39 is 0 Å². The number of rotatable bonds is 4. The van der Waals surface area contributed by atoms with E-state index in [-0.39, 0.29) is 19.1 Å². The zero-order chi connectivity index (χ0) is 8.97. The minimum Gasteiger partial charge on any atom is -0.396 e. The number of thiazole rings is 1. The van der Waals surface area contributed by atoms with Gasteiger partial charge in [0.05, 0.1) is 5.01 Å². The van der Waals surface area contributed by atoms with Crippen molar-refractivity contribution in [3.63, 3.8) is 0 Å². The number of aliphatic hydroxyl groups is 2. The molecule has 1 aromatic heterocycles. The van der Waals surface area contributed by atoms with E-state index in [1.54, 1.807) is 11.3 Å². The van der Waals surface area contributed by atoms with Crippen LogP contribution in [-0.2, 0) is 6.42 Å². The van der Waals surface area contributed by atoms with Gasteiger partial charge in [0.15, 0.2) is 0 Å². The third-order valence-electron chi connectivity index (χ3n) is 1.65. The molecule has 0 radical (unpaired) electrons. The lowest BCUT2D eigenvalue weighted by molar-refractivity contribution is 0.150. The van der Waals surface area contributed by atoms with Crippen molar-refractivity contribution in [3.8, 4) is 0 Å². The molecule has 1 aromatic rings. The molecule has 0 unspecified atom stereocenters. The number of hydrogen-bond donors (Lipinski definition) is 2. The Kier molecular flexibility index (Phi) is 3.65. The van der Waals surface area contributed by atoms with Gasteiger partial charge in [-0.2, -0.15) is 0 Å². The zero-order valence-electron chi connectivity index (χ0n) is 7.03. The smallest absolute Gasteiger partial charge is 0.0932 e. The maximum absolute atomic E-state index is 8.81. The average molecular weight is 187 g/mol. The highest BCUT2D eigenvalue weighted by Gasteiger charge is 2.08. The molecule has 0 saturated heterocycles. The maximum atomic E-state index is 8.81. The van der Waals surface area contributed by atoms with Crippen molar-refractivity contribution in [2.75, 3.05) is 13.2 Å². The molecule has 0 aliphatic rings. The van der Waals surface area contributed by atoms with Gasteiger partial charge in [0, 0.05) is 36.6 Å². The van der Waals surface area contributed by atoms with E-state index in [0.717, 1.165) is 10.7 Å². The maximum Gasteiger partial charge on any atom is 0.0932 e. The van der Waals surface area contributed by atoms with Gasteiger partial charge in [-0.05, 0) is 6.92 Å². The molecule has 0 saturated carbocycles. The van der Waals surface area contributed by atoms with Crippen LogP contribution in [0.4, 0.5) is 0 Å². The number of hydrogen-bond acceptors (Lipinski definition) is 4. The first-order valence-electron chi connectivity index (χ1n) is 3.89. The Labute approximate surface area is 75.7 Å². The first kappa shape index (κ1) is 9.64. The highest BCUT2D eigenvalue weighted by atomic mass is 32.1. The molecule has 3 nitrogen and oxygen atoms in total. The Bertz CT molecular complexity index is 233. The lowest BCUT2D eigenvalue weighted by Gasteiger charge is -2.06. The van der Waals surface area contributed by atoms with Gasteiger partial charge in [-0.3, -0.25) is 0 Å². The van der Waals surface area contributed by atoms with Crippen LogP contribution in [0.15, 0.2) is 5.38 Å². The van der Waals surface area contributed by atoms with Crippen LogP contribution in [-0.4, -0.2) is 28.4 Å². The van der Waals surface area contributed by atoms with E-state index in [9.17, 15) is 0 Å². The van der Waals surface area contributed by atoms with Gasteiger partial charge >= 0.3 is 0 Å². The summed E-state index contributed by atoms with van der Waals surface area (Å²) < 4.78 is 0. The van der Waals surface area contributed by atoms with Crippen molar-refractivity contribution in [3.05, 3.63) is 16.1 Å². The first-order valence-corrected chi connectivity index (χ1v) is 4.77. The van der Waals surface area contributed by atoms with Crippen molar-refractivity contribution in [1.82, 2.24) is 4.98 Å². The molecule has 0 amide bonds. The molecule has 1 rings (SSSR count). The van der Waals surface area contributed by atoms with Crippen molar-refractivity contribution in [2.45, 2.75) is 13.3 Å². The third-order valence-corrected chi connectivity index (χ3v) is 2.64. The fourth-order valence-corrected chi connectivity index (χ4v) is 1.82. The molecule has 68 valence electrons. The van der Waals surface area contributed by atoms with E-state index in [1.807, 2.05) is 12.3 Å². The van der Waals surface area contributed by atoms with E-state index in [2.05, 4.69) is 4.98 Å². The summed E-state index contributed by atoms with van der Waals surface area (Å²) in [5.41, 5.74) is 1.00. The van der Waals surface area contributed by atoms with Gasteiger partial charge in [0.2, 0.25) is 0 Å². The third kappa shape index (κ3) is 2.55. The van der Waals surface area contributed by atoms with Crippen molar-refractivity contribution in [1.29, 1.82) is 0 Å². The predicted octanol–water partition coefficient (Wildman–Crippen LogP) is 0.595. The first-order chi connectivity index (χ1) is 5.76. The van der Waals surface area contributed by atoms with Gasteiger partial charge in [-0.25, -0.2) is 4.98 Å². The van der Waals surface area contributed by atoms with Crippen LogP contribution in [0.25, 0.3) is 0 Å². The van der Waals surface area contributed by atoms with Gasteiger partial charge in [-0.15, -0.1) is 11.3 Å². The van der Waals surface area contributed by atoms with Gasteiger partial charge in [0.1, 0.15) is 0 Å². The second-order valence-corrected chi connectivity index (χ2v) is 3.76. The average Bonchev–Trinajstić information content (AvgIpc) is 2.47. The van der Waals surface area contributed by atoms with Crippen molar-refractivity contribution in [2.24, 2.45) is 5.92 Å². The number of nitrogens with zero attached hydrogens (tertiary/aromatic N) is 1. The molecule has 1 heterocycles. The number of aromatic nitrogens is 1. The second kappa shape index (κ2) is 4.54. The molecular weight excluding hydrogens is 174 g/mol. The minimum atomic E-state index is -0.0597. The summed E-state index contributed by atoms with van der Waals surface area (Å²) in [6, 6.07) is 0. The fourth-order valence-electron chi connectivity index (χ4n) is 0.930. The topological polar surface area (TPSA) is 53.4 Å². The molecule has 0 spiro atoms. The Balaban J connectivity index is 2.50. The normalized spacial score (nSPS) is 11.0. The Hall–Kier alpha value is -0.450. The van der Waals surface area contributed by atoms with Crippen LogP contribution in [0.3, 0.4) is 0 Å². The summed E-state index contributed by atoms with van der Waals surface area (Å²) in [7, 11) is 0. The van der Waals surface area contributed by atoms with Gasteiger partial charge in [0.25, 0.3) is 0 Å². The minimum absolute atomic E-state index is 0.0229. The molecular formula is C8H13NO2S. The molecule has 4 heteroatoms. The van der Waals surface area contributed by atoms with Crippen molar-refractivity contribution < 1.29 is 10.2 Å². The summed E-state index contributed by atoms with van der Waals surface area (Å²) in [6.45, 7) is 1.98.